The molecule has 1 unspecified atom stereocenters. The van der Waals surface area contributed by atoms with Crippen LogP contribution in [0.15, 0.2) is 16.0 Å². The number of piperidine rings is 1. The van der Waals surface area contributed by atoms with Crippen molar-refractivity contribution in [1.29, 1.82) is 0 Å². The Kier molecular flexibility index (Phi) is 4.44. The van der Waals surface area contributed by atoms with Gasteiger partial charge in [-0.15, -0.1) is 0 Å². The van der Waals surface area contributed by atoms with Crippen molar-refractivity contribution in [2.24, 2.45) is 5.92 Å². The van der Waals surface area contributed by atoms with E-state index in [4.69, 9.17) is 5.73 Å². The molecule has 6 heteroatoms. The number of aromatic amines is 1. The summed E-state index contributed by atoms with van der Waals surface area (Å²) in [5.74, 6) is 2.01. The molecule has 1 atom stereocenters. The maximum atomic E-state index is 11.2. The molecule has 1 aliphatic rings. The van der Waals surface area contributed by atoms with Crippen LogP contribution in [-0.2, 0) is 0 Å². The number of hydrogen-bond acceptors (Lipinski definition) is 5. The third-order valence-corrected chi connectivity index (χ3v) is 3.81. The first-order valence-electron chi connectivity index (χ1n) is 5.94. The van der Waals surface area contributed by atoms with Crippen LogP contribution in [0.4, 0.5) is 5.82 Å². The summed E-state index contributed by atoms with van der Waals surface area (Å²) >= 11 is 1.57. The van der Waals surface area contributed by atoms with Gasteiger partial charge >= 0.3 is 0 Å². The van der Waals surface area contributed by atoms with Crippen molar-refractivity contribution >= 4 is 17.6 Å². The van der Waals surface area contributed by atoms with Crippen molar-refractivity contribution in [2.75, 3.05) is 24.6 Å². The van der Waals surface area contributed by atoms with E-state index in [1.807, 2.05) is 0 Å². The summed E-state index contributed by atoms with van der Waals surface area (Å²) in [7, 11) is 0. The molecule has 0 bridgehead atoms. The number of nitrogens with one attached hydrogen (secondary N) is 2. The van der Waals surface area contributed by atoms with Crippen LogP contribution in [0.5, 0.6) is 0 Å². The predicted molar refractivity (Wildman–Crippen MR) is 70.2 cm³/mol. The molecule has 0 aromatic carbocycles. The molecule has 1 aromatic heterocycles. The van der Waals surface area contributed by atoms with Crippen LogP contribution >= 0.6 is 11.8 Å². The molecule has 1 aromatic rings. The number of rotatable bonds is 4. The van der Waals surface area contributed by atoms with Crippen molar-refractivity contribution in [3.05, 3.63) is 16.4 Å². The van der Waals surface area contributed by atoms with Crippen LogP contribution in [0, 0.1) is 5.92 Å². The van der Waals surface area contributed by atoms with Gasteiger partial charge in [-0.05, 0) is 38.3 Å². The van der Waals surface area contributed by atoms with Gasteiger partial charge in [0.25, 0.3) is 5.56 Å². The molecular formula is C11H18N4OS. The second kappa shape index (κ2) is 6.07. The summed E-state index contributed by atoms with van der Waals surface area (Å²) in [6, 6.07) is 1.30. The van der Waals surface area contributed by atoms with Gasteiger partial charge in [0, 0.05) is 11.8 Å². The van der Waals surface area contributed by atoms with Crippen LogP contribution in [0.2, 0.25) is 0 Å². The van der Waals surface area contributed by atoms with Crippen molar-refractivity contribution in [1.82, 2.24) is 15.3 Å². The van der Waals surface area contributed by atoms with Gasteiger partial charge in [0.15, 0.2) is 5.16 Å². The molecule has 0 radical (unpaired) electrons. The summed E-state index contributed by atoms with van der Waals surface area (Å²) in [5.41, 5.74) is 5.34. The van der Waals surface area contributed by atoms with Gasteiger partial charge in [-0.2, -0.15) is 0 Å². The summed E-state index contributed by atoms with van der Waals surface area (Å²) in [5, 5.41) is 4.02. The summed E-state index contributed by atoms with van der Waals surface area (Å²) in [6.07, 6.45) is 3.72. The quantitative estimate of drug-likeness (QED) is 0.547. The third-order valence-electron chi connectivity index (χ3n) is 2.90. The molecule has 17 heavy (non-hydrogen) atoms. The highest BCUT2D eigenvalue weighted by Gasteiger charge is 2.12. The van der Waals surface area contributed by atoms with Crippen LogP contribution in [0.3, 0.4) is 0 Å². The van der Waals surface area contributed by atoms with Gasteiger partial charge in [-0.25, -0.2) is 4.98 Å². The van der Waals surface area contributed by atoms with Gasteiger partial charge < -0.3 is 16.0 Å². The maximum absolute atomic E-state index is 11.2. The molecule has 4 N–H and O–H groups in total. The Bertz CT molecular complexity index is 414. The highest BCUT2D eigenvalue weighted by molar-refractivity contribution is 7.99. The van der Waals surface area contributed by atoms with E-state index in [9.17, 15) is 4.79 Å². The summed E-state index contributed by atoms with van der Waals surface area (Å²) in [4.78, 5) is 17.9. The van der Waals surface area contributed by atoms with Gasteiger partial charge in [-0.1, -0.05) is 11.8 Å². The van der Waals surface area contributed by atoms with Gasteiger partial charge in [0.2, 0.25) is 0 Å². The molecule has 2 rings (SSSR count). The second-order valence-corrected chi connectivity index (χ2v) is 5.41. The molecule has 5 nitrogen and oxygen atoms in total. The molecule has 0 amide bonds. The Hall–Kier alpha value is -1.01. The zero-order valence-electron chi connectivity index (χ0n) is 9.74. The van der Waals surface area contributed by atoms with Gasteiger partial charge in [0.1, 0.15) is 5.82 Å². The lowest BCUT2D eigenvalue weighted by Crippen LogP contribution is -2.29. The van der Waals surface area contributed by atoms with E-state index < -0.39 is 0 Å². The number of thioether (sulfide) groups is 1. The molecule has 0 aliphatic carbocycles. The summed E-state index contributed by atoms with van der Waals surface area (Å²) < 4.78 is 0. The van der Waals surface area contributed by atoms with Crippen molar-refractivity contribution < 1.29 is 0 Å². The number of nitrogens with zero attached hydrogens (tertiary/aromatic N) is 1. The highest BCUT2D eigenvalue weighted by atomic mass is 32.2. The fraction of sp³-hybridized carbons (Fsp3) is 0.636. The molecule has 2 heterocycles. The average molecular weight is 254 g/mol. The number of hydrogen-bond donors (Lipinski definition) is 3. The van der Waals surface area contributed by atoms with Crippen LogP contribution in [0.25, 0.3) is 0 Å². The molecule has 1 saturated heterocycles. The van der Waals surface area contributed by atoms with Crippen LogP contribution < -0.4 is 16.6 Å². The smallest absolute Gasteiger partial charge is 0.253 e. The fourth-order valence-corrected chi connectivity index (χ4v) is 3.00. The van der Waals surface area contributed by atoms with E-state index in [0.29, 0.717) is 5.16 Å². The molecule has 0 spiro atoms. The maximum Gasteiger partial charge on any atom is 0.253 e. The first-order valence-corrected chi connectivity index (χ1v) is 6.93. The Labute approximate surface area is 105 Å². The monoisotopic (exact) mass is 254 g/mol. The Morgan fingerprint density at radius 2 is 2.47 bits per heavy atom. The average Bonchev–Trinajstić information content (AvgIpc) is 2.29. The molecule has 94 valence electrons. The lowest BCUT2D eigenvalue weighted by molar-refractivity contribution is 0.371. The molecular weight excluding hydrogens is 236 g/mol. The zero-order chi connectivity index (χ0) is 12.1. The minimum atomic E-state index is -0.181. The summed E-state index contributed by atoms with van der Waals surface area (Å²) in [6.45, 7) is 2.26. The molecule has 0 saturated carbocycles. The van der Waals surface area contributed by atoms with Crippen molar-refractivity contribution in [3.63, 3.8) is 0 Å². The topological polar surface area (TPSA) is 83.8 Å². The largest absolute Gasteiger partial charge is 0.383 e. The van der Waals surface area contributed by atoms with Crippen LogP contribution in [-0.4, -0.2) is 28.8 Å². The number of anilines is 1. The minimum absolute atomic E-state index is 0.181. The lowest BCUT2D eigenvalue weighted by Gasteiger charge is -2.22. The van der Waals surface area contributed by atoms with E-state index in [1.54, 1.807) is 11.8 Å². The second-order valence-electron chi connectivity index (χ2n) is 4.32. The van der Waals surface area contributed by atoms with Crippen molar-refractivity contribution in [2.45, 2.75) is 24.4 Å². The first-order chi connectivity index (χ1) is 8.24. The Balaban J connectivity index is 1.79. The number of aromatic nitrogens is 2. The molecule has 1 aliphatic heterocycles. The Morgan fingerprint density at radius 3 is 3.18 bits per heavy atom. The Morgan fingerprint density at radius 1 is 1.59 bits per heavy atom. The van der Waals surface area contributed by atoms with E-state index in [1.165, 1.54) is 18.9 Å². The normalized spacial score (nSPS) is 20.4. The van der Waals surface area contributed by atoms with E-state index in [2.05, 4.69) is 15.3 Å². The standard InChI is InChI=1S/C11H18N4OS/c12-9-6-10(16)15-11(14-9)17-5-3-8-2-1-4-13-7-8/h6,8,13H,1-5,7H2,(H3,12,14,15,16). The molecule has 1 fully saturated rings. The third kappa shape index (κ3) is 4.05. The zero-order valence-corrected chi connectivity index (χ0v) is 10.6. The SMILES string of the molecule is Nc1cc(=O)[nH]c(SCCC2CCCNC2)n1. The number of nitrogen functional groups attached to an aromatic ring is 1. The fourth-order valence-electron chi connectivity index (χ4n) is 2.01. The van der Waals surface area contributed by atoms with Gasteiger partial charge in [0.05, 0.1) is 0 Å². The van der Waals surface area contributed by atoms with E-state index in [0.717, 1.165) is 31.2 Å². The number of nitrogens with two attached hydrogens (primary N) is 1. The van der Waals surface area contributed by atoms with E-state index >= 15 is 0 Å². The lowest BCUT2D eigenvalue weighted by atomic mass is 9.97. The number of H-pyrrole nitrogens is 1. The van der Waals surface area contributed by atoms with Crippen molar-refractivity contribution in [3.8, 4) is 0 Å². The highest BCUT2D eigenvalue weighted by Crippen LogP contribution is 2.20. The van der Waals surface area contributed by atoms with Gasteiger partial charge in [-0.3, -0.25) is 4.79 Å². The predicted octanol–water partition coefficient (Wildman–Crippen LogP) is 0.834. The van der Waals surface area contributed by atoms with E-state index in [-0.39, 0.29) is 11.4 Å². The van der Waals surface area contributed by atoms with Crippen LogP contribution in [0.1, 0.15) is 19.3 Å². The first kappa shape index (κ1) is 12.4. The minimum Gasteiger partial charge on any atom is -0.383 e.